The number of rotatable bonds is 7. The van der Waals surface area contributed by atoms with Gasteiger partial charge >= 0.3 is 0 Å². The predicted octanol–water partition coefficient (Wildman–Crippen LogP) is 0.935. The van der Waals surface area contributed by atoms with Crippen LogP contribution in [0.4, 0.5) is 0 Å². The quantitative estimate of drug-likeness (QED) is 0.753. The number of pyridine rings is 1. The van der Waals surface area contributed by atoms with E-state index in [1.54, 1.807) is 31.5 Å². The Morgan fingerprint density at radius 1 is 1.36 bits per heavy atom. The van der Waals surface area contributed by atoms with E-state index >= 15 is 0 Å². The minimum atomic E-state index is -3.92. The summed E-state index contributed by atoms with van der Waals surface area (Å²) in [6.07, 6.45) is 2.88. The highest BCUT2D eigenvalue weighted by atomic mass is 32.2. The fraction of sp³-hybridized carbons (Fsp3) is 0.250. The molecule has 3 N–H and O–H groups in total. The summed E-state index contributed by atoms with van der Waals surface area (Å²) in [4.78, 5) is 16.1. The van der Waals surface area contributed by atoms with Gasteiger partial charge in [0.1, 0.15) is 17.6 Å². The maximum atomic E-state index is 12.4. The van der Waals surface area contributed by atoms with Crippen molar-refractivity contribution in [1.29, 1.82) is 0 Å². The number of amides is 1. The van der Waals surface area contributed by atoms with Crippen LogP contribution in [0.3, 0.4) is 0 Å². The highest BCUT2D eigenvalue weighted by Gasteiger charge is 2.18. The maximum absolute atomic E-state index is 12.4. The molecule has 0 radical (unpaired) electrons. The molecule has 25 heavy (non-hydrogen) atoms. The molecule has 0 fully saturated rings. The molecule has 1 aromatic heterocycles. The van der Waals surface area contributed by atoms with Crippen LogP contribution in [0.15, 0.2) is 47.6 Å². The molecule has 0 aliphatic heterocycles. The minimum absolute atomic E-state index is 0.0719. The van der Waals surface area contributed by atoms with Gasteiger partial charge in [-0.3, -0.25) is 9.78 Å². The zero-order valence-electron chi connectivity index (χ0n) is 13.8. The van der Waals surface area contributed by atoms with Gasteiger partial charge in [-0.1, -0.05) is 0 Å². The van der Waals surface area contributed by atoms with Crippen LogP contribution in [0, 0.1) is 0 Å². The highest BCUT2D eigenvalue weighted by Crippen LogP contribution is 2.22. The lowest BCUT2D eigenvalue weighted by molar-refractivity contribution is 0.0929. The molecule has 8 nitrogen and oxygen atoms in total. The van der Waals surface area contributed by atoms with Crippen LogP contribution in [0.2, 0.25) is 0 Å². The van der Waals surface area contributed by atoms with E-state index in [4.69, 9.17) is 14.6 Å². The number of primary sulfonamides is 1. The van der Waals surface area contributed by atoms with Gasteiger partial charge in [0.05, 0.1) is 30.3 Å². The molecular formula is C16H19N3O5S. The third-order valence-electron chi connectivity index (χ3n) is 3.27. The van der Waals surface area contributed by atoms with Gasteiger partial charge in [0.15, 0.2) is 0 Å². The average Bonchev–Trinajstić information content (AvgIpc) is 2.59. The number of methoxy groups -OCH3 is 1. The Balaban J connectivity index is 2.07. The van der Waals surface area contributed by atoms with Gasteiger partial charge in [0.2, 0.25) is 10.0 Å². The second-order valence-electron chi connectivity index (χ2n) is 5.23. The molecule has 2 aromatic rings. The first kappa shape index (κ1) is 18.7. The van der Waals surface area contributed by atoms with Crippen molar-refractivity contribution in [3.05, 3.63) is 48.3 Å². The largest absolute Gasteiger partial charge is 0.496 e. The molecule has 0 saturated heterocycles. The van der Waals surface area contributed by atoms with Gasteiger partial charge in [0.25, 0.3) is 5.91 Å². The molecule has 1 aromatic carbocycles. The minimum Gasteiger partial charge on any atom is -0.496 e. The number of nitrogens with one attached hydrogen (secondary N) is 1. The smallest absolute Gasteiger partial charge is 0.255 e. The number of ether oxygens (including phenoxy) is 2. The summed E-state index contributed by atoms with van der Waals surface area (Å²) in [7, 11) is -2.54. The van der Waals surface area contributed by atoms with E-state index in [0.717, 1.165) is 0 Å². The summed E-state index contributed by atoms with van der Waals surface area (Å²) in [5.41, 5.74) is 0.0719. The van der Waals surface area contributed by atoms with Crippen LogP contribution in [-0.2, 0) is 10.0 Å². The fourth-order valence-electron chi connectivity index (χ4n) is 2.06. The summed E-state index contributed by atoms with van der Waals surface area (Å²) in [6, 6.07) is 7.33. The average molecular weight is 365 g/mol. The summed E-state index contributed by atoms with van der Waals surface area (Å²) in [6.45, 7) is 1.99. The second kappa shape index (κ2) is 7.95. The lowest BCUT2D eigenvalue weighted by Gasteiger charge is -2.16. The first-order valence-electron chi connectivity index (χ1n) is 7.37. The molecule has 2 rings (SSSR count). The Labute approximate surface area is 146 Å². The molecule has 1 unspecified atom stereocenters. The van der Waals surface area contributed by atoms with Crippen LogP contribution in [0.25, 0.3) is 0 Å². The summed E-state index contributed by atoms with van der Waals surface area (Å²) in [5.74, 6) is 0.327. The van der Waals surface area contributed by atoms with Crippen LogP contribution in [-0.4, -0.2) is 39.1 Å². The zero-order chi connectivity index (χ0) is 18.4. The Bertz CT molecular complexity index is 840. The molecule has 0 aliphatic rings. The van der Waals surface area contributed by atoms with Crippen molar-refractivity contribution < 1.29 is 22.7 Å². The third-order valence-corrected chi connectivity index (χ3v) is 4.18. The van der Waals surface area contributed by atoms with Gasteiger partial charge in [-0.05, 0) is 37.3 Å². The molecule has 134 valence electrons. The lowest BCUT2D eigenvalue weighted by Crippen LogP contribution is -2.34. The molecular weight excluding hydrogens is 346 g/mol. The predicted molar refractivity (Wildman–Crippen MR) is 91.0 cm³/mol. The molecule has 9 heteroatoms. The molecule has 1 amide bonds. The van der Waals surface area contributed by atoms with Gasteiger partial charge < -0.3 is 14.8 Å². The maximum Gasteiger partial charge on any atom is 0.255 e. The number of nitrogens with two attached hydrogens (primary N) is 1. The van der Waals surface area contributed by atoms with E-state index < -0.39 is 15.9 Å². The SMILES string of the molecule is COc1ccc(S(N)(=O)=O)cc1C(=O)NCC(C)Oc1cccnc1. The van der Waals surface area contributed by atoms with Crippen molar-refractivity contribution in [3.8, 4) is 11.5 Å². The van der Waals surface area contributed by atoms with Gasteiger partial charge in [0, 0.05) is 6.20 Å². The Kier molecular flexibility index (Phi) is 5.94. The Hall–Kier alpha value is -2.65. The van der Waals surface area contributed by atoms with Crippen molar-refractivity contribution in [1.82, 2.24) is 10.3 Å². The number of hydrogen-bond donors (Lipinski definition) is 2. The summed E-state index contributed by atoms with van der Waals surface area (Å²) >= 11 is 0. The third kappa shape index (κ3) is 5.16. The molecule has 0 spiro atoms. The number of hydrogen-bond acceptors (Lipinski definition) is 6. The first-order valence-corrected chi connectivity index (χ1v) is 8.91. The number of benzene rings is 1. The molecule has 0 bridgehead atoms. The van der Waals surface area contributed by atoms with Crippen molar-refractivity contribution in [3.63, 3.8) is 0 Å². The first-order chi connectivity index (χ1) is 11.8. The van der Waals surface area contributed by atoms with E-state index in [-0.39, 0.29) is 28.9 Å². The highest BCUT2D eigenvalue weighted by molar-refractivity contribution is 7.89. The van der Waals surface area contributed by atoms with Crippen LogP contribution in [0.5, 0.6) is 11.5 Å². The second-order valence-corrected chi connectivity index (χ2v) is 6.80. The standard InChI is InChI=1S/C16H19N3O5S/c1-11(24-12-4-3-7-18-10-12)9-19-16(20)14-8-13(25(17,21)22)5-6-15(14)23-2/h3-8,10-11H,9H2,1-2H3,(H,19,20)(H2,17,21,22). The Morgan fingerprint density at radius 3 is 2.72 bits per heavy atom. The van der Waals surface area contributed by atoms with E-state index in [9.17, 15) is 13.2 Å². The number of nitrogens with zero attached hydrogens (tertiary/aromatic N) is 1. The summed E-state index contributed by atoms with van der Waals surface area (Å²) < 4.78 is 33.6. The monoisotopic (exact) mass is 365 g/mol. The molecule has 1 atom stereocenters. The van der Waals surface area contributed by atoms with E-state index in [1.165, 1.54) is 25.3 Å². The van der Waals surface area contributed by atoms with E-state index in [0.29, 0.717) is 5.75 Å². The van der Waals surface area contributed by atoms with Crippen molar-refractivity contribution in [2.24, 2.45) is 5.14 Å². The topological polar surface area (TPSA) is 121 Å². The number of sulfonamides is 1. The number of aromatic nitrogens is 1. The van der Waals surface area contributed by atoms with Crippen LogP contribution in [0.1, 0.15) is 17.3 Å². The van der Waals surface area contributed by atoms with Crippen LogP contribution < -0.4 is 19.9 Å². The molecule has 1 heterocycles. The zero-order valence-corrected chi connectivity index (χ0v) is 14.6. The van der Waals surface area contributed by atoms with Crippen molar-refractivity contribution in [2.75, 3.05) is 13.7 Å². The summed E-state index contributed by atoms with van der Waals surface area (Å²) in [5, 5.41) is 7.77. The van der Waals surface area contributed by atoms with Gasteiger partial charge in [-0.25, -0.2) is 13.6 Å². The number of carbonyl (C=O) groups is 1. The number of carbonyl (C=O) groups excluding carboxylic acids is 1. The van der Waals surface area contributed by atoms with Gasteiger partial charge in [-0.15, -0.1) is 0 Å². The van der Waals surface area contributed by atoms with Crippen LogP contribution >= 0.6 is 0 Å². The fourth-order valence-corrected chi connectivity index (χ4v) is 2.60. The normalized spacial score (nSPS) is 12.3. The van der Waals surface area contributed by atoms with Crippen molar-refractivity contribution in [2.45, 2.75) is 17.9 Å². The van der Waals surface area contributed by atoms with Gasteiger partial charge in [-0.2, -0.15) is 0 Å². The van der Waals surface area contributed by atoms with E-state index in [1.807, 2.05) is 0 Å². The van der Waals surface area contributed by atoms with E-state index in [2.05, 4.69) is 10.3 Å². The Morgan fingerprint density at radius 2 is 2.12 bits per heavy atom. The van der Waals surface area contributed by atoms with Crippen molar-refractivity contribution >= 4 is 15.9 Å². The molecule has 0 saturated carbocycles. The lowest BCUT2D eigenvalue weighted by atomic mass is 10.2. The molecule has 0 aliphatic carbocycles.